The van der Waals surface area contributed by atoms with Crippen molar-refractivity contribution in [3.8, 4) is 0 Å². The Kier molecular flexibility index (Phi) is 2.32. The van der Waals surface area contributed by atoms with Gasteiger partial charge in [0.15, 0.2) is 0 Å². The van der Waals surface area contributed by atoms with E-state index in [0.717, 1.165) is 6.42 Å². The third kappa shape index (κ3) is 1.25. The number of hydrogen-bond acceptors (Lipinski definition) is 4. The van der Waals surface area contributed by atoms with E-state index in [0.29, 0.717) is 6.54 Å². The molecule has 0 N–H and O–H groups in total. The molecule has 18 heavy (non-hydrogen) atoms. The van der Waals surface area contributed by atoms with E-state index in [9.17, 15) is 14.7 Å². The van der Waals surface area contributed by atoms with E-state index < -0.39 is 29.5 Å². The highest BCUT2D eigenvalue weighted by molar-refractivity contribution is 5.90. The van der Waals surface area contributed by atoms with Gasteiger partial charge in [-0.05, 0) is 13.3 Å². The lowest BCUT2D eigenvalue weighted by Crippen LogP contribution is -2.45. The van der Waals surface area contributed by atoms with Crippen molar-refractivity contribution in [2.45, 2.75) is 38.0 Å². The third-order valence-electron chi connectivity index (χ3n) is 4.52. The van der Waals surface area contributed by atoms with Gasteiger partial charge in [-0.25, -0.2) is 0 Å². The molecule has 2 bridgehead atoms. The predicted molar refractivity (Wildman–Crippen MR) is 60.2 cm³/mol. The minimum Gasteiger partial charge on any atom is -0.550 e. The molecule has 1 amide bonds. The van der Waals surface area contributed by atoms with Gasteiger partial charge in [0.05, 0.1) is 18.6 Å². The Morgan fingerprint density at radius 2 is 2.44 bits per heavy atom. The van der Waals surface area contributed by atoms with Gasteiger partial charge in [0.1, 0.15) is 5.60 Å². The van der Waals surface area contributed by atoms with E-state index >= 15 is 0 Å². The van der Waals surface area contributed by atoms with Crippen LogP contribution < -0.4 is 5.11 Å². The van der Waals surface area contributed by atoms with E-state index in [1.54, 1.807) is 11.0 Å². The number of carbonyl (C=O) groups excluding carboxylic acids is 2. The summed E-state index contributed by atoms with van der Waals surface area (Å²) in [6, 6.07) is 0.107. The van der Waals surface area contributed by atoms with Gasteiger partial charge in [0.25, 0.3) is 0 Å². The largest absolute Gasteiger partial charge is 0.550 e. The summed E-state index contributed by atoms with van der Waals surface area (Å²) in [7, 11) is 0. The molecule has 98 valence electrons. The number of likely N-dealkylation sites (tertiary alicyclic amines) is 1. The van der Waals surface area contributed by atoms with Crippen LogP contribution in [0.4, 0.5) is 0 Å². The maximum atomic E-state index is 12.4. The van der Waals surface area contributed by atoms with Crippen molar-refractivity contribution < 1.29 is 19.4 Å². The van der Waals surface area contributed by atoms with E-state index in [1.165, 1.54) is 0 Å². The average Bonchev–Trinajstić information content (AvgIpc) is 2.96. The molecule has 0 aromatic carbocycles. The molecular weight excluding hydrogens is 234 g/mol. The molecule has 0 aromatic heterocycles. The second-order valence-electron chi connectivity index (χ2n) is 5.44. The molecule has 3 heterocycles. The Balaban J connectivity index is 1.97. The first kappa shape index (κ1) is 11.7. The van der Waals surface area contributed by atoms with Crippen LogP contribution in [0.5, 0.6) is 0 Å². The summed E-state index contributed by atoms with van der Waals surface area (Å²) in [5, 5.41) is 11.2. The van der Waals surface area contributed by atoms with Gasteiger partial charge in [-0.3, -0.25) is 4.79 Å². The minimum absolute atomic E-state index is 0.106. The molecule has 2 saturated heterocycles. The van der Waals surface area contributed by atoms with Crippen molar-refractivity contribution in [3.63, 3.8) is 0 Å². The molecule has 0 aliphatic carbocycles. The summed E-state index contributed by atoms with van der Waals surface area (Å²) in [5.74, 6) is -2.73. The molecule has 0 saturated carbocycles. The molecule has 0 unspecified atom stereocenters. The summed E-state index contributed by atoms with van der Waals surface area (Å²) < 4.78 is 5.76. The molecule has 3 aliphatic heterocycles. The molecule has 0 radical (unpaired) electrons. The van der Waals surface area contributed by atoms with Gasteiger partial charge in [-0.1, -0.05) is 19.1 Å². The summed E-state index contributed by atoms with van der Waals surface area (Å²) in [5.41, 5.74) is -0.726. The normalized spacial score (nSPS) is 42.4. The maximum Gasteiger partial charge on any atom is 0.230 e. The van der Waals surface area contributed by atoms with Crippen LogP contribution in [0.1, 0.15) is 20.3 Å². The summed E-state index contributed by atoms with van der Waals surface area (Å²) in [6.07, 6.45) is 3.97. The number of carboxylic acid groups (broad SMARTS) is 1. The Morgan fingerprint density at radius 3 is 3.06 bits per heavy atom. The first-order valence-electron chi connectivity index (χ1n) is 6.38. The van der Waals surface area contributed by atoms with Crippen LogP contribution >= 0.6 is 0 Å². The first-order valence-corrected chi connectivity index (χ1v) is 6.38. The van der Waals surface area contributed by atoms with Crippen molar-refractivity contribution in [2.24, 2.45) is 11.8 Å². The van der Waals surface area contributed by atoms with Crippen LogP contribution in [0.15, 0.2) is 12.2 Å². The van der Waals surface area contributed by atoms with Crippen molar-refractivity contribution in [3.05, 3.63) is 12.2 Å². The highest BCUT2D eigenvalue weighted by atomic mass is 16.5. The zero-order valence-corrected chi connectivity index (χ0v) is 10.5. The topological polar surface area (TPSA) is 69.7 Å². The quantitative estimate of drug-likeness (QED) is 0.622. The van der Waals surface area contributed by atoms with Gasteiger partial charge in [0.2, 0.25) is 5.91 Å². The zero-order valence-electron chi connectivity index (χ0n) is 10.5. The number of amides is 1. The Morgan fingerprint density at radius 1 is 1.72 bits per heavy atom. The fourth-order valence-electron chi connectivity index (χ4n) is 3.39. The lowest BCUT2D eigenvalue weighted by molar-refractivity contribution is -0.313. The highest BCUT2D eigenvalue weighted by Gasteiger charge is 2.65. The molecule has 5 nitrogen and oxygen atoms in total. The van der Waals surface area contributed by atoms with Crippen LogP contribution in [0, 0.1) is 11.8 Å². The number of carboxylic acids is 1. The fraction of sp³-hybridized carbons (Fsp3) is 0.692. The van der Waals surface area contributed by atoms with Gasteiger partial charge in [-0.15, -0.1) is 0 Å². The first-order chi connectivity index (χ1) is 8.50. The van der Waals surface area contributed by atoms with Gasteiger partial charge in [0, 0.05) is 17.9 Å². The van der Waals surface area contributed by atoms with Crippen LogP contribution in [-0.2, 0) is 14.3 Å². The second kappa shape index (κ2) is 3.57. The van der Waals surface area contributed by atoms with E-state index in [2.05, 4.69) is 0 Å². The van der Waals surface area contributed by atoms with Crippen molar-refractivity contribution in [1.29, 1.82) is 0 Å². The molecule has 2 fully saturated rings. The number of aliphatic carboxylic acids is 1. The van der Waals surface area contributed by atoms with Crippen LogP contribution in [0.3, 0.4) is 0 Å². The lowest BCUT2D eigenvalue weighted by Gasteiger charge is -2.26. The number of carbonyl (C=O) groups is 2. The molecule has 5 heteroatoms. The third-order valence-corrected chi connectivity index (χ3v) is 4.52. The smallest absolute Gasteiger partial charge is 0.230 e. The standard InChI is InChI=1S/C13H17NO4/c1-3-7(2)14-6-13-5-4-8(18-13)9(12(16)17)10(13)11(14)15/h4-5,7-10H,3,6H2,1-2H3,(H,16,17)/p-1/t7-,8+,9+,10+,13-/m0/s1. The fourth-order valence-corrected chi connectivity index (χ4v) is 3.39. The Hall–Kier alpha value is -1.36. The maximum absolute atomic E-state index is 12.4. The molecule has 5 atom stereocenters. The molecule has 3 rings (SSSR count). The summed E-state index contributed by atoms with van der Waals surface area (Å²) in [4.78, 5) is 25.4. The average molecular weight is 250 g/mol. The van der Waals surface area contributed by atoms with Crippen molar-refractivity contribution >= 4 is 11.9 Å². The lowest BCUT2D eigenvalue weighted by atomic mass is 9.77. The highest BCUT2D eigenvalue weighted by Crippen LogP contribution is 2.52. The van der Waals surface area contributed by atoms with Gasteiger partial charge in [-0.2, -0.15) is 0 Å². The predicted octanol–water partition coefficient (Wildman–Crippen LogP) is -0.683. The van der Waals surface area contributed by atoms with Crippen LogP contribution in [0.25, 0.3) is 0 Å². The number of hydrogen-bond donors (Lipinski definition) is 0. The molecular formula is C13H16NO4-. The number of ether oxygens (including phenoxy) is 1. The Labute approximate surface area is 105 Å². The van der Waals surface area contributed by atoms with Gasteiger partial charge < -0.3 is 19.5 Å². The summed E-state index contributed by atoms with van der Waals surface area (Å²) >= 11 is 0. The van der Waals surface area contributed by atoms with Crippen molar-refractivity contribution in [2.75, 3.05) is 6.54 Å². The number of rotatable bonds is 3. The van der Waals surface area contributed by atoms with E-state index in [-0.39, 0.29) is 11.9 Å². The van der Waals surface area contributed by atoms with Crippen molar-refractivity contribution in [1.82, 2.24) is 4.90 Å². The van der Waals surface area contributed by atoms with Gasteiger partial charge >= 0.3 is 0 Å². The SMILES string of the molecule is CC[C@H](C)N1C[C@]23C=C[C@@H](O2)[C@@H](C(=O)[O-])[C@@H]3C1=O. The Bertz CT molecular complexity index is 446. The second-order valence-corrected chi connectivity index (χ2v) is 5.44. The zero-order chi connectivity index (χ0) is 13.1. The summed E-state index contributed by atoms with van der Waals surface area (Å²) in [6.45, 7) is 4.44. The van der Waals surface area contributed by atoms with E-state index in [4.69, 9.17) is 4.74 Å². The molecule has 3 aliphatic rings. The van der Waals surface area contributed by atoms with E-state index in [1.807, 2.05) is 19.9 Å². The van der Waals surface area contributed by atoms with Crippen LogP contribution in [0.2, 0.25) is 0 Å². The monoisotopic (exact) mass is 250 g/mol. The minimum atomic E-state index is -1.18. The number of fused-ring (bicyclic) bond motifs is 1. The molecule has 0 aromatic rings. The molecule has 1 spiro atoms. The van der Waals surface area contributed by atoms with Crippen LogP contribution in [-0.4, -0.2) is 41.1 Å². The number of nitrogens with zero attached hydrogens (tertiary/aromatic N) is 1.